The number of likely N-dealkylation sites (N-methyl/N-ethyl adjacent to an activating group) is 1. The maximum atomic E-state index is 13.4. The van der Waals surface area contributed by atoms with Crippen LogP contribution in [0.5, 0.6) is 0 Å². The molecule has 164 valence electrons. The first kappa shape index (κ1) is 20.3. The van der Waals surface area contributed by atoms with Crippen LogP contribution in [0.2, 0.25) is 0 Å². The summed E-state index contributed by atoms with van der Waals surface area (Å²) in [6.07, 6.45) is 1.46. The molecule has 9 heteroatoms. The first-order valence-electron chi connectivity index (χ1n) is 10.3. The second kappa shape index (κ2) is 7.83. The highest BCUT2D eigenvalue weighted by atomic mass is 19.1. The van der Waals surface area contributed by atoms with E-state index >= 15 is 0 Å². The topological polar surface area (TPSA) is 70.1 Å². The zero-order valence-corrected chi connectivity index (χ0v) is 17.7. The van der Waals surface area contributed by atoms with Crippen LogP contribution in [0.15, 0.2) is 59.5 Å². The number of nitrogens with one attached hydrogen (secondary N) is 1. The lowest BCUT2D eigenvalue weighted by Gasteiger charge is -2.25. The molecule has 2 atom stereocenters. The summed E-state index contributed by atoms with van der Waals surface area (Å²) >= 11 is 0. The van der Waals surface area contributed by atoms with E-state index < -0.39 is 0 Å². The van der Waals surface area contributed by atoms with Crippen LogP contribution in [0.1, 0.15) is 11.5 Å². The molecule has 0 spiro atoms. The molecule has 1 N–H and O–H groups in total. The summed E-state index contributed by atoms with van der Waals surface area (Å²) in [6, 6.07) is 12.6. The van der Waals surface area contributed by atoms with Crippen LogP contribution in [0.4, 0.5) is 14.7 Å². The van der Waals surface area contributed by atoms with Crippen molar-refractivity contribution < 1.29 is 8.78 Å². The average molecular weight is 436 g/mol. The van der Waals surface area contributed by atoms with E-state index in [1.165, 1.54) is 35.1 Å². The molecule has 0 bridgehead atoms. The Balaban J connectivity index is 1.54. The Labute approximate surface area is 182 Å². The Morgan fingerprint density at radius 3 is 2.31 bits per heavy atom. The van der Waals surface area contributed by atoms with Gasteiger partial charge in [-0.2, -0.15) is 10.1 Å². The van der Waals surface area contributed by atoms with Crippen LogP contribution in [-0.2, 0) is 0 Å². The molecular weight excluding hydrogens is 414 g/mol. The molecule has 32 heavy (non-hydrogen) atoms. The highest BCUT2D eigenvalue weighted by Crippen LogP contribution is 2.32. The fourth-order valence-electron chi connectivity index (χ4n) is 4.35. The third-order valence-corrected chi connectivity index (χ3v) is 6.05. The molecular formula is C23H22F2N6O. The van der Waals surface area contributed by atoms with Gasteiger partial charge in [-0.05, 0) is 56.1 Å². The third kappa shape index (κ3) is 3.54. The molecule has 7 nitrogen and oxygen atoms in total. The minimum Gasteiger partial charge on any atom is -0.340 e. The quantitative estimate of drug-likeness (QED) is 0.533. The van der Waals surface area contributed by atoms with Gasteiger partial charge in [0.2, 0.25) is 5.95 Å². The highest BCUT2D eigenvalue weighted by molar-refractivity contribution is 5.76. The molecule has 0 saturated carbocycles. The molecule has 2 aromatic heterocycles. The van der Waals surface area contributed by atoms with Gasteiger partial charge in [0.05, 0.1) is 11.9 Å². The number of aromatic nitrogens is 4. The van der Waals surface area contributed by atoms with Crippen molar-refractivity contribution in [3.63, 3.8) is 0 Å². The van der Waals surface area contributed by atoms with E-state index in [4.69, 9.17) is 4.98 Å². The van der Waals surface area contributed by atoms with Gasteiger partial charge in [-0.15, -0.1) is 0 Å². The fraction of sp³-hybridized carbons (Fsp3) is 0.261. The lowest BCUT2D eigenvalue weighted by Crippen LogP contribution is -2.35. The third-order valence-electron chi connectivity index (χ3n) is 6.05. The average Bonchev–Trinajstić information content (AvgIpc) is 3.40. The summed E-state index contributed by atoms with van der Waals surface area (Å²) in [4.78, 5) is 24.5. The summed E-state index contributed by atoms with van der Waals surface area (Å²) < 4.78 is 28.3. The number of aromatic amines is 1. The Kier molecular flexibility index (Phi) is 4.97. The highest BCUT2D eigenvalue weighted by Gasteiger charge is 2.36. The van der Waals surface area contributed by atoms with E-state index in [1.54, 1.807) is 12.1 Å². The Morgan fingerprint density at radius 1 is 1.00 bits per heavy atom. The molecule has 0 radical (unpaired) electrons. The van der Waals surface area contributed by atoms with E-state index in [0.717, 1.165) is 5.56 Å². The Hall–Kier alpha value is -3.59. The van der Waals surface area contributed by atoms with Crippen molar-refractivity contribution in [2.45, 2.75) is 12.0 Å². The first-order valence-corrected chi connectivity index (χ1v) is 10.3. The molecule has 3 heterocycles. The SMILES string of the molecule is CN(C)[C@@H]1CN(c2nc3c(cnn3-c3ccc(F)cc3)c(=O)[nH]2)C[C@@H]1c1ccc(F)cc1. The molecule has 1 saturated heterocycles. The number of nitrogens with zero attached hydrogens (tertiary/aromatic N) is 5. The van der Waals surface area contributed by atoms with Gasteiger partial charge in [0.15, 0.2) is 5.65 Å². The smallest absolute Gasteiger partial charge is 0.263 e. The van der Waals surface area contributed by atoms with Gasteiger partial charge in [-0.1, -0.05) is 12.1 Å². The predicted octanol–water partition coefficient (Wildman–Crippen LogP) is 2.92. The second-order valence-electron chi connectivity index (χ2n) is 8.25. The van der Waals surface area contributed by atoms with Gasteiger partial charge in [0.1, 0.15) is 17.0 Å². The standard InChI is InChI=1S/C23H22F2N6O/c1-29(2)20-13-30(12-19(20)14-3-5-15(24)6-4-14)23-27-21-18(22(32)28-23)11-26-31(21)17-9-7-16(25)8-10-17/h3-11,19-20H,12-13H2,1-2H3,(H,27,28,32)/t19-,20-/m1/s1. The number of benzene rings is 2. The van der Waals surface area contributed by atoms with Gasteiger partial charge >= 0.3 is 0 Å². The number of hydrogen-bond acceptors (Lipinski definition) is 5. The largest absolute Gasteiger partial charge is 0.340 e. The van der Waals surface area contributed by atoms with Crippen molar-refractivity contribution in [3.8, 4) is 5.69 Å². The van der Waals surface area contributed by atoms with Crippen molar-refractivity contribution in [1.29, 1.82) is 0 Å². The zero-order valence-electron chi connectivity index (χ0n) is 17.7. The molecule has 1 aliphatic heterocycles. The Morgan fingerprint density at radius 2 is 1.66 bits per heavy atom. The number of rotatable bonds is 4. The van der Waals surface area contributed by atoms with Crippen LogP contribution >= 0.6 is 0 Å². The summed E-state index contributed by atoms with van der Waals surface area (Å²) in [7, 11) is 4.02. The van der Waals surface area contributed by atoms with Gasteiger partial charge in [-0.25, -0.2) is 13.5 Å². The maximum Gasteiger partial charge on any atom is 0.263 e. The maximum absolute atomic E-state index is 13.4. The molecule has 0 aliphatic carbocycles. The van der Waals surface area contributed by atoms with Gasteiger partial charge < -0.3 is 9.80 Å². The van der Waals surface area contributed by atoms with E-state index in [-0.39, 0.29) is 29.2 Å². The summed E-state index contributed by atoms with van der Waals surface area (Å²) in [5.74, 6) is -0.0534. The predicted molar refractivity (Wildman–Crippen MR) is 118 cm³/mol. The number of halogens is 2. The van der Waals surface area contributed by atoms with Gasteiger partial charge in [0.25, 0.3) is 5.56 Å². The molecule has 1 fully saturated rings. The summed E-state index contributed by atoms with van der Waals surface area (Å²) in [6.45, 7) is 1.27. The minimum absolute atomic E-state index is 0.119. The van der Waals surface area contributed by atoms with Gasteiger partial charge in [-0.3, -0.25) is 9.78 Å². The summed E-state index contributed by atoms with van der Waals surface area (Å²) in [5, 5.41) is 4.65. The van der Waals surface area contributed by atoms with Crippen molar-refractivity contribution in [2.75, 3.05) is 32.1 Å². The monoisotopic (exact) mass is 436 g/mol. The molecule has 5 rings (SSSR count). The molecule has 2 aromatic carbocycles. The first-order chi connectivity index (χ1) is 15.4. The van der Waals surface area contributed by atoms with Crippen molar-refractivity contribution in [2.24, 2.45) is 0 Å². The van der Waals surface area contributed by atoms with Crippen molar-refractivity contribution >= 4 is 17.0 Å². The van der Waals surface area contributed by atoms with Crippen LogP contribution < -0.4 is 10.5 Å². The molecule has 4 aromatic rings. The molecule has 1 aliphatic rings. The van der Waals surface area contributed by atoms with Crippen molar-refractivity contribution in [1.82, 2.24) is 24.6 Å². The van der Waals surface area contributed by atoms with E-state index in [9.17, 15) is 13.6 Å². The number of H-pyrrole nitrogens is 1. The Bertz CT molecular complexity index is 1310. The van der Waals surface area contributed by atoms with E-state index in [2.05, 4.69) is 15.0 Å². The van der Waals surface area contributed by atoms with Crippen LogP contribution in [0, 0.1) is 11.6 Å². The second-order valence-corrected chi connectivity index (χ2v) is 8.25. The van der Waals surface area contributed by atoms with E-state index in [0.29, 0.717) is 35.8 Å². The van der Waals surface area contributed by atoms with Crippen LogP contribution in [-0.4, -0.2) is 57.9 Å². The van der Waals surface area contributed by atoms with E-state index in [1.807, 2.05) is 31.1 Å². The molecule has 0 amide bonds. The number of anilines is 1. The summed E-state index contributed by atoms with van der Waals surface area (Å²) in [5.41, 5.74) is 1.77. The lowest BCUT2D eigenvalue weighted by molar-refractivity contribution is 0.292. The zero-order chi connectivity index (χ0) is 22.4. The number of hydrogen-bond donors (Lipinski definition) is 1. The van der Waals surface area contributed by atoms with Crippen LogP contribution in [0.3, 0.4) is 0 Å². The van der Waals surface area contributed by atoms with Gasteiger partial charge in [0, 0.05) is 25.0 Å². The lowest BCUT2D eigenvalue weighted by atomic mass is 9.94. The normalized spacial score (nSPS) is 18.7. The fourth-order valence-corrected chi connectivity index (χ4v) is 4.35. The molecule has 0 unspecified atom stereocenters. The van der Waals surface area contributed by atoms with Crippen molar-refractivity contribution in [3.05, 3.63) is 82.3 Å². The minimum atomic E-state index is -0.352. The number of fused-ring (bicyclic) bond motifs is 1. The van der Waals surface area contributed by atoms with Crippen LogP contribution in [0.25, 0.3) is 16.7 Å².